The highest BCUT2D eigenvalue weighted by atomic mass is 35.5. The number of carbonyl (C=O) groups is 2. The van der Waals surface area contributed by atoms with Gasteiger partial charge in [0.2, 0.25) is 0 Å². The van der Waals surface area contributed by atoms with Crippen LogP contribution < -0.4 is 14.5 Å². The van der Waals surface area contributed by atoms with Gasteiger partial charge in [-0.3, -0.25) is 0 Å². The molecule has 0 saturated carbocycles. The standard InChI is InChI=1S/C21H21ClN2O5/c1-27-18-7-5-4-6-17(18)24-13-23(15-10-8-14(22)9-11-15)12-16(20(25)28-2)19(24)21(26)29-3/h4-11H,12-13H2,1-3H3. The summed E-state index contributed by atoms with van der Waals surface area (Å²) in [5, 5.41) is 0.603. The highest BCUT2D eigenvalue weighted by Crippen LogP contribution is 2.35. The van der Waals surface area contributed by atoms with E-state index in [9.17, 15) is 9.59 Å². The number of benzene rings is 2. The topological polar surface area (TPSA) is 68.3 Å². The molecule has 0 amide bonds. The molecule has 0 radical (unpaired) electrons. The Morgan fingerprint density at radius 3 is 2.21 bits per heavy atom. The number of hydrogen-bond acceptors (Lipinski definition) is 7. The Morgan fingerprint density at radius 2 is 1.59 bits per heavy atom. The number of para-hydroxylation sites is 2. The summed E-state index contributed by atoms with van der Waals surface area (Å²) < 4.78 is 15.4. The van der Waals surface area contributed by atoms with Crippen LogP contribution in [0.5, 0.6) is 5.75 Å². The van der Waals surface area contributed by atoms with Crippen LogP contribution in [-0.2, 0) is 19.1 Å². The first kappa shape index (κ1) is 20.5. The second kappa shape index (κ2) is 8.87. The van der Waals surface area contributed by atoms with Gasteiger partial charge >= 0.3 is 11.9 Å². The summed E-state index contributed by atoms with van der Waals surface area (Å²) in [4.78, 5) is 28.9. The molecule has 0 aliphatic carbocycles. The molecule has 8 heteroatoms. The average molecular weight is 417 g/mol. The van der Waals surface area contributed by atoms with Crippen LogP contribution in [0, 0.1) is 0 Å². The van der Waals surface area contributed by atoms with Crippen LogP contribution in [0.15, 0.2) is 59.8 Å². The second-order valence-corrected chi connectivity index (χ2v) is 6.66. The van der Waals surface area contributed by atoms with Crippen LogP contribution in [0.1, 0.15) is 0 Å². The summed E-state index contributed by atoms with van der Waals surface area (Å²) in [6.45, 7) is 0.456. The molecule has 0 saturated heterocycles. The fourth-order valence-corrected chi connectivity index (χ4v) is 3.33. The Hall–Kier alpha value is -3.19. The summed E-state index contributed by atoms with van der Waals surface area (Å²) in [7, 11) is 4.09. The number of carbonyl (C=O) groups excluding carboxylic acids is 2. The van der Waals surface area contributed by atoms with Crippen molar-refractivity contribution in [3.05, 3.63) is 64.8 Å². The van der Waals surface area contributed by atoms with E-state index in [2.05, 4.69) is 0 Å². The number of esters is 2. The molecule has 7 nitrogen and oxygen atoms in total. The molecule has 0 aromatic heterocycles. The lowest BCUT2D eigenvalue weighted by molar-refractivity contribution is -0.139. The van der Waals surface area contributed by atoms with Crippen LogP contribution in [-0.4, -0.2) is 46.5 Å². The molecule has 1 heterocycles. The third-order valence-electron chi connectivity index (χ3n) is 4.60. The second-order valence-electron chi connectivity index (χ2n) is 6.23. The zero-order valence-corrected chi connectivity index (χ0v) is 17.1. The molecule has 0 atom stereocenters. The van der Waals surface area contributed by atoms with Crippen LogP contribution >= 0.6 is 11.6 Å². The van der Waals surface area contributed by atoms with Gasteiger partial charge in [-0.15, -0.1) is 0 Å². The van der Waals surface area contributed by atoms with Gasteiger partial charge in [0, 0.05) is 10.7 Å². The summed E-state index contributed by atoms with van der Waals surface area (Å²) in [5.74, 6) is -0.688. The Morgan fingerprint density at radius 1 is 0.931 bits per heavy atom. The van der Waals surface area contributed by atoms with E-state index in [1.807, 2.05) is 35.2 Å². The van der Waals surface area contributed by atoms with Gasteiger partial charge in [-0.1, -0.05) is 23.7 Å². The van der Waals surface area contributed by atoms with E-state index in [1.54, 1.807) is 30.2 Å². The van der Waals surface area contributed by atoms with Gasteiger partial charge in [-0.25, -0.2) is 9.59 Å². The Labute approximate surface area is 174 Å². The van der Waals surface area contributed by atoms with Crippen molar-refractivity contribution >= 4 is 34.9 Å². The minimum Gasteiger partial charge on any atom is -0.495 e. The normalized spacial score (nSPS) is 13.9. The van der Waals surface area contributed by atoms with E-state index in [0.717, 1.165) is 5.69 Å². The number of rotatable bonds is 5. The van der Waals surface area contributed by atoms with Crippen LogP contribution in [0.3, 0.4) is 0 Å². The first-order valence-electron chi connectivity index (χ1n) is 8.81. The molecule has 152 valence electrons. The number of anilines is 2. The fourth-order valence-electron chi connectivity index (χ4n) is 3.21. The lowest BCUT2D eigenvalue weighted by Gasteiger charge is -2.39. The third-order valence-corrected chi connectivity index (χ3v) is 4.85. The molecular formula is C21H21ClN2O5. The minimum atomic E-state index is -0.632. The van der Waals surface area contributed by atoms with Crippen molar-refractivity contribution in [2.24, 2.45) is 0 Å². The highest BCUT2D eigenvalue weighted by molar-refractivity contribution is 6.30. The van der Waals surface area contributed by atoms with Crippen molar-refractivity contribution in [1.82, 2.24) is 0 Å². The molecule has 2 aromatic carbocycles. The lowest BCUT2D eigenvalue weighted by Crippen LogP contribution is -2.48. The number of nitrogens with zero attached hydrogens (tertiary/aromatic N) is 2. The first-order chi connectivity index (χ1) is 14.0. The lowest BCUT2D eigenvalue weighted by atomic mass is 10.1. The summed E-state index contributed by atoms with van der Waals surface area (Å²) in [6.07, 6.45) is 0. The molecule has 0 unspecified atom stereocenters. The Balaban J connectivity index is 2.18. The molecule has 0 bridgehead atoms. The summed E-state index contributed by atoms with van der Waals surface area (Å²) >= 11 is 6.01. The van der Waals surface area contributed by atoms with Crippen LogP contribution in [0.4, 0.5) is 11.4 Å². The zero-order chi connectivity index (χ0) is 21.0. The molecule has 0 spiro atoms. The molecule has 2 aromatic rings. The van der Waals surface area contributed by atoms with Crippen molar-refractivity contribution in [1.29, 1.82) is 0 Å². The van der Waals surface area contributed by atoms with Crippen molar-refractivity contribution in [2.45, 2.75) is 0 Å². The van der Waals surface area contributed by atoms with E-state index in [1.165, 1.54) is 14.2 Å². The van der Waals surface area contributed by atoms with Gasteiger partial charge in [-0.05, 0) is 36.4 Å². The van der Waals surface area contributed by atoms with Gasteiger partial charge in [0.05, 0.1) is 45.8 Å². The van der Waals surface area contributed by atoms with E-state index >= 15 is 0 Å². The maximum absolute atomic E-state index is 12.7. The quantitative estimate of drug-likeness (QED) is 0.693. The SMILES string of the molecule is COC(=O)C1=C(C(=O)OC)N(c2ccccc2OC)CN(c2ccc(Cl)cc2)C1. The smallest absolute Gasteiger partial charge is 0.355 e. The average Bonchev–Trinajstić information content (AvgIpc) is 2.77. The Kier molecular flexibility index (Phi) is 6.29. The maximum atomic E-state index is 12.7. The Bertz CT molecular complexity index is 942. The van der Waals surface area contributed by atoms with Gasteiger partial charge in [-0.2, -0.15) is 0 Å². The van der Waals surface area contributed by atoms with Gasteiger partial charge < -0.3 is 24.0 Å². The third kappa shape index (κ3) is 4.14. The molecule has 0 N–H and O–H groups in total. The van der Waals surface area contributed by atoms with E-state index in [-0.39, 0.29) is 24.5 Å². The fraction of sp³-hybridized carbons (Fsp3) is 0.238. The van der Waals surface area contributed by atoms with Gasteiger partial charge in [0.15, 0.2) is 0 Å². The summed E-state index contributed by atoms with van der Waals surface area (Å²) in [6, 6.07) is 14.5. The predicted octanol–water partition coefficient (Wildman–Crippen LogP) is 3.23. The molecule has 3 rings (SSSR count). The molecule has 1 aliphatic rings. The number of hydrogen-bond donors (Lipinski definition) is 0. The van der Waals surface area contributed by atoms with Gasteiger partial charge in [0.25, 0.3) is 0 Å². The van der Waals surface area contributed by atoms with Crippen molar-refractivity contribution in [3.8, 4) is 5.75 Å². The summed E-state index contributed by atoms with van der Waals surface area (Å²) in [5.41, 5.74) is 1.76. The molecule has 0 fully saturated rings. The largest absolute Gasteiger partial charge is 0.495 e. The molecular weight excluding hydrogens is 396 g/mol. The minimum absolute atomic E-state index is 0.120. The van der Waals surface area contributed by atoms with Crippen molar-refractivity contribution < 1.29 is 23.8 Å². The number of ether oxygens (including phenoxy) is 3. The van der Waals surface area contributed by atoms with Crippen LogP contribution in [0.2, 0.25) is 5.02 Å². The highest BCUT2D eigenvalue weighted by Gasteiger charge is 2.36. The predicted molar refractivity (Wildman–Crippen MR) is 110 cm³/mol. The van der Waals surface area contributed by atoms with Crippen LogP contribution in [0.25, 0.3) is 0 Å². The zero-order valence-electron chi connectivity index (χ0n) is 16.3. The maximum Gasteiger partial charge on any atom is 0.355 e. The van der Waals surface area contributed by atoms with Crippen molar-refractivity contribution in [3.63, 3.8) is 0 Å². The van der Waals surface area contributed by atoms with E-state index in [0.29, 0.717) is 16.5 Å². The first-order valence-corrected chi connectivity index (χ1v) is 9.18. The van der Waals surface area contributed by atoms with E-state index < -0.39 is 11.9 Å². The number of halogens is 1. The van der Waals surface area contributed by atoms with E-state index in [4.69, 9.17) is 25.8 Å². The molecule has 1 aliphatic heterocycles. The van der Waals surface area contributed by atoms with Crippen molar-refractivity contribution in [2.75, 3.05) is 44.3 Å². The van der Waals surface area contributed by atoms with Gasteiger partial charge in [0.1, 0.15) is 11.4 Å². The molecule has 29 heavy (non-hydrogen) atoms. The monoisotopic (exact) mass is 416 g/mol. The number of methoxy groups -OCH3 is 3.